The summed E-state index contributed by atoms with van der Waals surface area (Å²) in [6.07, 6.45) is 0.947. The normalized spacial score (nSPS) is 11.2. The van der Waals surface area contributed by atoms with Gasteiger partial charge in [-0.3, -0.25) is 9.10 Å². The first-order chi connectivity index (χ1) is 14.5. The number of benzene rings is 2. The average molecular weight is 449 g/mol. The van der Waals surface area contributed by atoms with Crippen LogP contribution >= 0.6 is 0 Å². The maximum absolute atomic E-state index is 12.7. The standard InChI is InChI=1S/C22H28N2O6S/c1-6-29-22(26)19-11-8-12-20(16(19)4)23-21(25)14-24(31(5,27)28)17-9-7-10-18(13-17)30-15(2)3/h7-13,15H,6,14H2,1-5H3,(H,23,25). The molecule has 1 amide bonds. The molecule has 0 aliphatic heterocycles. The molecule has 8 nitrogen and oxygen atoms in total. The van der Waals surface area contributed by atoms with Gasteiger partial charge in [0.05, 0.1) is 30.2 Å². The Bertz CT molecular complexity index is 1050. The number of amides is 1. The van der Waals surface area contributed by atoms with Gasteiger partial charge in [-0.25, -0.2) is 13.2 Å². The molecule has 2 aromatic carbocycles. The van der Waals surface area contributed by atoms with Crippen LogP contribution in [0.3, 0.4) is 0 Å². The summed E-state index contributed by atoms with van der Waals surface area (Å²) in [7, 11) is -3.75. The molecule has 0 aromatic heterocycles. The molecule has 31 heavy (non-hydrogen) atoms. The highest BCUT2D eigenvalue weighted by atomic mass is 32.2. The van der Waals surface area contributed by atoms with Crippen LogP contribution in [0.2, 0.25) is 0 Å². The van der Waals surface area contributed by atoms with Gasteiger partial charge in [-0.1, -0.05) is 12.1 Å². The molecule has 0 saturated heterocycles. The van der Waals surface area contributed by atoms with Gasteiger partial charge in [0.2, 0.25) is 15.9 Å². The lowest BCUT2D eigenvalue weighted by Gasteiger charge is -2.23. The van der Waals surface area contributed by atoms with Gasteiger partial charge < -0.3 is 14.8 Å². The number of carbonyl (C=O) groups excluding carboxylic acids is 2. The van der Waals surface area contributed by atoms with Crippen LogP contribution in [0.15, 0.2) is 42.5 Å². The maximum Gasteiger partial charge on any atom is 0.338 e. The van der Waals surface area contributed by atoms with Crippen molar-refractivity contribution in [2.75, 3.05) is 29.0 Å². The van der Waals surface area contributed by atoms with Gasteiger partial charge in [0.1, 0.15) is 12.3 Å². The van der Waals surface area contributed by atoms with Crippen molar-refractivity contribution in [3.05, 3.63) is 53.6 Å². The summed E-state index contributed by atoms with van der Waals surface area (Å²) in [5.74, 6) is -0.542. The minimum atomic E-state index is -3.75. The Kier molecular flexibility index (Phi) is 8.04. The van der Waals surface area contributed by atoms with Crippen LogP contribution in [-0.4, -0.2) is 45.8 Å². The molecule has 0 aliphatic rings. The lowest BCUT2D eigenvalue weighted by Crippen LogP contribution is -2.37. The summed E-state index contributed by atoms with van der Waals surface area (Å²) >= 11 is 0. The van der Waals surface area contributed by atoms with Crippen molar-refractivity contribution >= 4 is 33.3 Å². The van der Waals surface area contributed by atoms with Crippen LogP contribution in [0.25, 0.3) is 0 Å². The van der Waals surface area contributed by atoms with Crippen molar-refractivity contribution in [2.45, 2.75) is 33.8 Å². The molecule has 0 aliphatic carbocycles. The van der Waals surface area contributed by atoms with E-state index < -0.39 is 28.4 Å². The summed E-state index contributed by atoms with van der Waals surface area (Å²) < 4.78 is 36.4. The van der Waals surface area contributed by atoms with E-state index in [9.17, 15) is 18.0 Å². The lowest BCUT2D eigenvalue weighted by molar-refractivity contribution is -0.114. The predicted octanol–water partition coefficient (Wildman–Crippen LogP) is 3.36. The van der Waals surface area contributed by atoms with Crippen LogP contribution in [0.1, 0.15) is 36.7 Å². The summed E-state index contributed by atoms with van der Waals surface area (Å²) in [6.45, 7) is 6.91. The second kappa shape index (κ2) is 10.3. The fraction of sp³-hybridized carbons (Fsp3) is 0.364. The number of sulfonamides is 1. The molecule has 0 fully saturated rings. The topological polar surface area (TPSA) is 102 Å². The molecule has 2 rings (SSSR count). The minimum absolute atomic E-state index is 0.0834. The Morgan fingerprint density at radius 2 is 1.81 bits per heavy atom. The second-order valence-electron chi connectivity index (χ2n) is 7.18. The highest BCUT2D eigenvalue weighted by molar-refractivity contribution is 7.92. The quantitative estimate of drug-likeness (QED) is 0.590. The SMILES string of the molecule is CCOC(=O)c1cccc(NC(=O)CN(c2cccc(OC(C)C)c2)S(C)(=O)=O)c1C. The van der Waals surface area contributed by atoms with E-state index in [-0.39, 0.29) is 12.7 Å². The first kappa shape index (κ1) is 24.2. The number of esters is 1. The van der Waals surface area contributed by atoms with E-state index >= 15 is 0 Å². The maximum atomic E-state index is 12.7. The van der Waals surface area contributed by atoms with Crippen LogP contribution in [0, 0.1) is 6.92 Å². The highest BCUT2D eigenvalue weighted by Crippen LogP contribution is 2.25. The van der Waals surface area contributed by atoms with Crippen molar-refractivity contribution in [2.24, 2.45) is 0 Å². The molecule has 0 atom stereocenters. The van der Waals surface area contributed by atoms with Gasteiger partial charge in [-0.15, -0.1) is 0 Å². The Hall–Kier alpha value is -3.07. The zero-order valence-corrected chi connectivity index (χ0v) is 19.2. The van der Waals surface area contributed by atoms with E-state index in [0.717, 1.165) is 10.6 Å². The molecule has 0 radical (unpaired) electrons. The van der Waals surface area contributed by atoms with E-state index in [1.807, 2.05) is 13.8 Å². The average Bonchev–Trinajstić information content (AvgIpc) is 2.66. The number of nitrogens with one attached hydrogen (secondary N) is 1. The Morgan fingerprint density at radius 1 is 1.13 bits per heavy atom. The largest absolute Gasteiger partial charge is 0.491 e. The number of carbonyl (C=O) groups is 2. The Labute approximate surface area is 183 Å². The summed E-state index contributed by atoms with van der Waals surface area (Å²) in [5, 5.41) is 2.68. The van der Waals surface area contributed by atoms with E-state index in [2.05, 4.69) is 5.32 Å². The fourth-order valence-electron chi connectivity index (χ4n) is 2.91. The number of rotatable bonds is 9. The van der Waals surface area contributed by atoms with Crippen LogP contribution in [0.4, 0.5) is 11.4 Å². The van der Waals surface area contributed by atoms with E-state index in [1.54, 1.807) is 56.3 Å². The van der Waals surface area contributed by atoms with Gasteiger partial charge in [-0.05, 0) is 57.5 Å². The summed E-state index contributed by atoms with van der Waals surface area (Å²) in [6, 6.07) is 11.4. The molecular formula is C22H28N2O6S. The molecular weight excluding hydrogens is 420 g/mol. The third kappa shape index (κ3) is 6.71. The van der Waals surface area contributed by atoms with E-state index in [4.69, 9.17) is 9.47 Å². The number of ether oxygens (including phenoxy) is 2. The predicted molar refractivity (Wildman–Crippen MR) is 120 cm³/mol. The van der Waals surface area contributed by atoms with Crippen LogP contribution in [0.5, 0.6) is 5.75 Å². The lowest BCUT2D eigenvalue weighted by atomic mass is 10.1. The first-order valence-corrected chi connectivity index (χ1v) is 11.7. The summed E-state index contributed by atoms with van der Waals surface area (Å²) in [4.78, 5) is 24.8. The summed E-state index contributed by atoms with van der Waals surface area (Å²) in [5.41, 5.74) is 1.58. The number of anilines is 2. The molecule has 1 N–H and O–H groups in total. The fourth-order valence-corrected chi connectivity index (χ4v) is 3.75. The zero-order chi connectivity index (χ0) is 23.2. The minimum Gasteiger partial charge on any atom is -0.491 e. The molecule has 0 heterocycles. The van der Waals surface area contributed by atoms with Crippen molar-refractivity contribution in [1.82, 2.24) is 0 Å². The van der Waals surface area contributed by atoms with Gasteiger partial charge >= 0.3 is 5.97 Å². The van der Waals surface area contributed by atoms with Gasteiger partial charge in [0.25, 0.3) is 0 Å². The molecule has 0 bridgehead atoms. The van der Waals surface area contributed by atoms with Crippen molar-refractivity contribution in [1.29, 1.82) is 0 Å². The first-order valence-electron chi connectivity index (χ1n) is 9.84. The Morgan fingerprint density at radius 3 is 2.42 bits per heavy atom. The number of nitrogens with zero attached hydrogens (tertiary/aromatic N) is 1. The Balaban J connectivity index is 2.26. The van der Waals surface area contributed by atoms with Crippen molar-refractivity contribution in [3.8, 4) is 5.75 Å². The highest BCUT2D eigenvalue weighted by Gasteiger charge is 2.22. The number of hydrogen-bond donors (Lipinski definition) is 1. The van der Waals surface area contributed by atoms with Crippen molar-refractivity contribution in [3.63, 3.8) is 0 Å². The molecule has 168 valence electrons. The monoisotopic (exact) mass is 448 g/mol. The smallest absolute Gasteiger partial charge is 0.338 e. The third-order valence-electron chi connectivity index (χ3n) is 4.27. The van der Waals surface area contributed by atoms with Crippen LogP contribution < -0.4 is 14.4 Å². The van der Waals surface area contributed by atoms with E-state index in [1.165, 1.54) is 0 Å². The molecule has 2 aromatic rings. The molecule has 0 saturated carbocycles. The molecule has 0 unspecified atom stereocenters. The van der Waals surface area contributed by atoms with Crippen LogP contribution in [-0.2, 0) is 19.6 Å². The zero-order valence-electron chi connectivity index (χ0n) is 18.3. The van der Waals surface area contributed by atoms with Crippen molar-refractivity contribution < 1.29 is 27.5 Å². The van der Waals surface area contributed by atoms with Gasteiger partial charge in [-0.2, -0.15) is 0 Å². The molecule has 0 spiro atoms. The van der Waals surface area contributed by atoms with Gasteiger partial charge in [0.15, 0.2) is 0 Å². The van der Waals surface area contributed by atoms with Gasteiger partial charge in [0, 0.05) is 11.8 Å². The third-order valence-corrected chi connectivity index (χ3v) is 5.41. The molecule has 9 heteroatoms. The second-order valence-corrected chi connectivity index (χ2v) is 9.09. The number of hydrogen-bond acceptors (Lipinski definition) is 6. The van der Waals surface area contributed by atoms with E-state index in [0.29, 0.717) is 28.3 Å².